The highest BCUT2D eigenvalue weighted by atomic mass is 16.5. The van der Waals surface area contributed by atoms with Gasteiger partial charge in [0.25, 0.3) is 0 Å². The van der Waals surface area contributed by atoms with E-state index in [9.17, 15) is 9.59 Å². The fourth-order valence-electron chi connectivity index (χ4n) is 3.77. The van der Waals surface area contributed by atoms with Crippen molar-refractivity contribution in [2.45, 2.75) is 44.9 Å². The average Bonchev–Trinajstić information content (AvgIpc) is 2.36. The number of esters is 2. The van der Waals surface area contributed by atoms with E-state index in [4.69, 9.17) is 9.47 Å². The van der Waals surface area contributed by atoms with Crippen molar-refractivity contribution < 1.29 is 19.1 Å². The number of ether oxygens (including phenoxy) is 2. The van der Waals surface area contributed by atoms with Crippen molar-refractivity contribution >= 4 is 11.9 Å². The van der Waals surface area contributed by atoms with Crippen LogP contribution >= 0.6 is 0 Å². The molecule has 2 aliphatic carbocycles. The van der Waals surface area contributed by atoms with E-state index in [0.717, 1.165) is 38.5 Å². The van der Waals surface area contributed by atoms with Crippen molar-refractivity contribution in [1.82, 2.24) is 0 Å². The van der Waals surface area contributed by atoms with Gasteiger partial charge >= 0.3 is 11.9 Å². The van der Waals surface area contributed by atoms with Gasteiger partial charge < -0.3 is 9.47 Å². The molecule has 2 saturated carbocycles. The molecule has 2 aliphatic rings. The molecule has 0 unspecified atom stereocenters. The SMILES string of the molecule is COC(=O)C12CCCC(C(=O)OC)(CCC1)C2. The van der Waals surface area contributed by atoms with Gasteiger partial charge in [0.2, 0.25) is 0 Å². The highest BCUT2D eigenvalue weighted by molar-refractivity contribution is 5.82. The minimum absolute atomic E-state index is 0.148. The van der Waals surface area contributed by atoms with Crippen molar-refractivity contribution in [1.29, 1.82) is 0 Å². The van der Waals surface area contributed by atoms with Gasteiger partial charge in [0.05, 0.1) is 25.0 Å². The molecule has 0 aromatic rings. The van der Waals surface area contributed by atoms with E-state index < -0.39 is 10.8 Å². The molecule has 96 valence electrons. The van der Waals surface area contributed by atoms with Gasteiger partial charge in [-0.3, -0.25) is 9.59 Å². The predicted molar refractivity (Wildman–Crippen MR) is 61.2 cm³/mol. The third kappa shape index (κ3) is 1.83. The van der Waals surface area contributed by atoms with Crippen LogP contribution in [-0.4, -0.2) is 26.2 Å². The summed E-state index contributed by atoms with van der Waals surface area (Å²) >= 11 is 0. The molecule has 0 atom stereocenters. The summed E-state index contributed by atoms with van der Waals surface area (Å²) in [5.74, 6) is -0.296. The summed E-state index contributed by atoms with van der Waals surface area (Å²) in [6.45, 7) is 0. The van der Waals surface area contributed by atoms with Crippen molar-refractivity contribution in [3.8, 4) is 0 Å². The van der Waals surface area contributed by atoms with Gasteiger partial charge in [-0.25, -0.2) is 0 Å². The molecule has 4 heteroatoms. The highest BCUT2D eigenvalue weighted by Crippen LogP contribution is 2.56. The van der Waals surface area contributed by atoms with E-state index in [1.165, 1.54) is 14.2 Å². The summed E-state index contributed by atoms with van der Waals surface area (Å²) in [6, 6.07) is 0. The van der Waals surface area contributed by atoms with Crippen LogP contribution in [0.1, 0.15) is 44.9 Å². The lowest BCUT2D eigenvalue weighted by atomic mass is 9.55. The zero-order chi connectivity index (χ0) is 12.5. The van der Waals surface area contributed by atoms with Crippen LogP contribution in [0.25, 0.3) is 0 Å². The first-order valence-electron chi connectivity index (χ1n) is 6.25. The lowest BCUT2D eigenvalue weighted by Crippen LogP contribution is -2.49. The van der Waals surface area contributed by atoms with Crippen LogP contribution < -0.4 is 0 Å². The number of hydrogen-bond donors (Lipinski definition) is 0. The molecule has 0 saturated heterocycles. The Kier molecular flexibility index (Phi) is 3.15. The molecule has 2 rings (SSSR count). The summed E-state index contributed by atoms with van der Waals surface area (Å²) in [6.07, 6.45) is 5.81. The Morgan fingerprint density at radius 1 is 0.824 bits per heavy atom. The molecule has 0 aliphatic heterocycles. The molecular formula is C13H20O4. The van der Waals surface area contributed by atoms with E-state index >= 15 is 0 Å². The second-order valence-corrected chi connectivity index (χ2v) is 5.43. The maximum absolute atomic E-state index is 12.0. The van der Waals surface area contributed by atoms with Gasteiger partial charge in [-0.15, -0.1) is 0 Å². The van der Waals surface area contributed by atoms with Crippen LogP contribution in [0.5, 0.6) is 0 Å². The second kappa shape index (κ2) is 4.31. The molecule has 17 heavy (non-hydrogen) atoms. The fourth-order valence-corrected chi connectivity index (χ4v) is 3.77. The quantitative estimate of drug-likeness (QED) is 0.693. The zero-order valence-corrected chi connectivity index (χ0v) is 10.6. The first-order chi connectivity index (χ1) is 8.08. The predicted octanol–water partition coefficient (Wildman–Crippen LogP) is 2.06. The number of carbonyl (C=O) groups excluding carboxylic acids is 2. The Hall–Kier alpha value is -1.06. The third-order valence-corrected chi connectivity index (χ3v) is 4.53. The number of rotatable bonds is 2. The summed E-state index contributed by atoms with van der Waals surface area (Å²) in [5.41, 5.74) is -0.862. The topological polar surface area (TPSA) is 52.6 Å². The van der Waals surface area contributed by atoms with Gasteiger partial charge in [0, 0.05) is 0 Å². The van der Waals surface area contributed by atoms with Crippen LogP contribution in [0.15, 0.2) is 0 Å². The Morgan fingerprint density at radius 2 is 1.18 bits per heavy atom. The van der Waals surface area contributed by atoms with Gasteiger partial charge in [-0.2, -0.15) is 0 Å². The number of methoxy groups -OCH3 is 2. The lowest BCUT2D eigenvalue weighted by molar-refractivity contribution is -0.173. The second-order valence-electron chi connectivity index (χ2n) is 5.43. The van der Waals surface area contributed by atoms with Crippen LogP contribution in [0.2, 0.25) is 0 Å². The molecule has 4 nitrogen and oxygen atoms in total. The van der Waals surface area contributed by atoms with E-state index in [1.807, 2.05) is 0 Å². The standard InChI is InChI=1S/C13H20O4/c1-16-10(14)12-5-3-7-13(9-12,8-4-6-12)11(15)17-2/h3-9H2,1-2H3. The number of hydrogen-bond acceptors (Lipinski definition) is 4. The summed E-state index contributed by atoms with van der Waals surface area (Å²) < 4.78 is 9.87. The average molecular weight is 240 g/mol. The van der Waals surface area contributed by atoms with Gasteiger partial charge in [0.15, 0.2) is 0 Å². The first kappa shape index (κ1) is 12.4. The van der Waals surface area contributed by atoms with Crippen molar-refractivity contribution in [3.05, 3.63) is 0 Å². The molecule has 0 aromatic carbocycles. The third-order valence-electron chi connectivity index (χ3n) is 4.53. The van der Waals surface area contributed by atoms with Crippen molar-refractivity contribution in [2.24, 2.45) is 10.8 Å². The molecule has 0 amide bonds. The highest BCUT2D eigenvalue weighted by Gasteiger charge is 2.56. The summed E-state index contributed by atoms with van der Waals surface area (Å²) in [7, 11) is 2.86. The molecule has 0 radical (unpaired) electrons. The van der Waals surface area contributed by atoms with Crippen LogP contribution in [0, 0.1) is 10.8 Å². The van der Waals surface area contributed by atoms with Crippen LogP contribution in [-0.2, 0) is 19.1 Å². The van der Waals surface area contributed by atoms with Crippen molar-refractivity contribution in [2.75, 3.05) is 14.2 Å². The Bertz CT molecular complexity index is 294. The van der Waals surface area contributed by atoms with Gasteiger partial charge in [-0.05, 0) is 32.1 Å². The minimum Gasteiger partial charge on any atom is -0.469 e. The van der Waals surface area contributed by atoms with E-state index in [1.54, 1.807) is 0 Å². The summed E-state index contributed by atoms with van der Waals surface area (Å²) in [4.78, 5) is 24.0. The van der Waals surface area contributed by atoms with E-state index in [0.29, 0.717) is 6.42 Å². The van der Waals surface area contributed by atoms with Crippen molar-refractivity contribution in [3.63, 3.8) is 0 Å². The normalized spacial score (nSPS) is 36.1. The Labute approximate surface area is 102 Å². The molecule has 0 heterocycles. The summed E-state index contributed by atoms with van der Waals surface area (Å²) in [5, 5.41) is 0. The Morgan fingerprint density at radius 3 is 1.47 bits per heavy atom. The Balaban J connectivity index is 2.28. The monoisotopic (exact) mass is 240 g/mol. The molecule has 0 aromatic heterocycles. The molecule has 0 spiro atoms. The molecule has 2 bridgehead atoms. The van der Waals surface area contributed by atoms with Gasteiger partial charge in [0.1, 0.15) is 0 Å². The molecular weight excluding hydrogens is 220 g/mol. The van der Waals surface area contributed by atoms with E-state index in [-0.39, 0.29) is 11.9 Å². The molecule has 0 N–H and O–H groups in total. The number of carbonyl (C=O) groups is 2. The first-order valence-corrected chi connectivity index (χ1v) is 6.25. The zero-order valence-electron chi connectivity index (χ0n) is 10.6. The maximum atomic E-state index is 12.0. The van der Waals surface area contributed by atoms with Crippen LogP contribution in [0.4, 0.5) is 0 Å². The van der Waals surface area contributed by atoms with E-state index in [2.05, 4.69) is 0 Å². The molecule has 2 fully saturated rings. The minimum atomic E-state index is -0.431. The largest absolute Gasteiger partial charge is 0.469 e. The van der Waals surface area contributed by atoms with Crippen LogP contribution in [0.3, 0.4) is 0 Å². The smallest absolute Gasteiger partial charge is 0.311 e. The maximum Gasteiger partial charge on any atom is 0.311 e. The lowest BCUT2D eigenvalue weighted by Gasteiger charge is -2.48. The fraction of sp³-hybridized carbons (Fsp3) is 0.846. The van der Waals surface area contributed by atoms with Gasteiger partial charge in [-0.1, -0.05) is 12.8 Å². The number of fused-ring (bicyclic) bond motifs is 2.